The van der Waals surface area contributed by atoms with Crippen LogP contribution in [0.1, 0.15) is 13.8 Å². The van der Waals surface area contributed by atoms with Crippen LogP contribution in [0.25, 0.3) is 0 Å². The molecular weight excluding hydrogens is 178 g/mol. The number of hydrogen-bond donors (Lipinski definition) is 2. The molecule has 0 spiro atoms. The van der Waals surface area contributed by atoms with Crippen molar-refractivity contribution in [2.75, 3.05) is 32.6 Å². The quantitative estimate of drug-likeness (QED) is 0.671. The predicted molar refractivity (Wildman–Crippen MR) is 52.5 cm³/mol. The molecule has 1 aliphatic heterocycles. The van der Waals surface area contributed by atoms with E-state index in [2.05, 4.69) is 0 Å². The molecule has 1 saturated heterocycles. The lowest BCUT2D eigenvalue weighted by molar-refractivity contribution is 0.0690. The van der Waals surface area contributed by atoms with Crippen molar-refractivity contribution >= 4 is 10.8 Å². The molecule has 0 aromatic rings. The summed E-state index contributed by atoms with van der Waals surface area (Å²) in [6.07, 6.45) is 1.44. The fourth-order valence-corrected chi connectivity index (χ4v) is 1.73. The van der Waals surface area contributed by atoms with E-state index in [1.165, 1.54) is 6.26 Å². The third-order valence-electron chi connectivity index (χ3n) is 1.46. The second-order valence-electron chi connectivity index (χ2n) is 2.33. The van der Waals surface area contributed by atoms with Crippen molar-refractivity contribution in [3.05, 3.63) is 0 Å². The third-order valence-corrected chi connectivity index (χ3v) is 2.80. The summed E-state index contributed by atoms with van der Waals surface area (Å²) < 4.78 is 25.0. The predicted octanol–water partition coefficient (Wildman–Crippen LogP) is 1.64. The van der Waals surface area contributed by atoms with Gasteiger partial charge in [-0.3, -0.25) is 9.11 Å². The summed E-state index contributed by atoms with van der Waals surface area (Å²) in [4.78, 5) is 0. The molecular formula is C7H19NO3S. The van der Waals surface area contributed by atoms with E-state index in [0.29, 0.717) is 26.3 Å². The van der Waals surface area contributed by atoms with Gasteiger partial charge in [-0.05, 0) is 0 Å². The molecule has 76 valence electrons. The molecule has 0 unspecified atom stereocenters. The van der Waals surface area contributed by atoms with Crippen LogP contribution in [0, 0.1) is 0 Å². The minimum Gasteiger partial charge on any atom is -0.379 e. The third kappa shape index (κ3) is 4.27. The van der Waals surface area contributed by atoms with Crippen molar-refractivity contribution in [2.45, 2.75) is 13.8 Å². The summed E-state index contributed by atoms with van der Waals surface area (Å²) in [6, 6.07) is 0. The van der Waals surface area contributed by atoms with Crippen molar-refractivity contribution < 1.29 is 13.8 Å². The highest BCUT2D eigenvalue weighted by atomic mass is 32.3. The molecule has 0 atom stereocenters. The van der Waals surface area contributed by atoms with Crippen LogP contribution >= 0.6 is 10.8 Å². The summed E-state index contributed by atoms with van der Waals surface area (Å²) in [5.41, 5.74) is 0. The van der Waals surface area contributed by atoms with E-state index in [9.17, 15) is 0 Å². The van der Waals surface area contributed by atoms with Crippen molar-refractivity contribution in [3.8, 4) is 0 Å². The van der Waals surface area contributed by atoms with Crippen molar-refractivity contribution in [1.82, 2.24) is 4.31 Å². The van der Waals surface area contributed by atoms with Crippen LogP contribution in [0.3, 0.4) is 0 Å². The molecule has 0 saturated carbocycles. The fraction of sp³-hybridized carbons (Fsp3) is 1.00. The van der Waals surface area contributed by atoms with Crippen LogP contribution < -0.4 is 0 Å². The molecule has 0 bridgehead atoms. The van der Waals surface area contributed by atoms with E-state index >= 15 is 0 Å². The summed E-state index contributed by atoms with van der Waals surface area (Å²) in [6.45, 7) is 6.45. The molecule has 0 aromatic carbocycles. The van der Waals surface area contributed by atoms with Gasteiger partial charge in [0.1, 0.15) is 0 Å². The zero-order chi connectivity index (χ0) is 9.61. The molecule has 2 N–H and O–H groups in total. The second kappa shape index (κ2) is 5.77. The summed E-state index contributed by atoms with van der Waals surface area (Å²) >= 11 is 0. The first-order valence-corrected chi connectivity index (χ1v) is 6.08. The van der Waals surface area contributed by atoms with Crippen LogP contribution in [0.2, 0.25) is 0 Å². The van der Waals surface area contributed by atoms with E-state index in [1.807, 2.05) is 13.8 Å². The normalized spacial score (nSPS) is 21.1. The average Bonchev–Trinajstić information content (AvgIpc) is 2.08. The first-order chi connectivity index (χ1) is 5.61. The molecule has 1 aliphatic rings. The lowest BCUT2D eigenvalue weighted by Crippen LogP contribution is -2.37. The van der Waals surface area contributed by atoms with Gasteiger partial charge < -0.3 is 4.74 Å². The molecule has 1 rings (SSSR count). The Labute approximate surface area is 76.0 Å². The highest BCUT2D eigenvalue weighted by molar-refractivity contribution is 8.21. The fourth-order valence-electron chi connectivity index (χ4n) is 0.892. The zero-order valence-corrected chi connectivity index (χ0v) is 8.80. The van der Waals surface area contributed by atoms with E-state index < -0.39 is 10.8 Å². The zero-order valence-electron chi connectivity index (χ0n) is 7.99. The minimum absolute atomic E-state index is 0.601. The van der Waals surface area contributed by atoms with E-state index in [-0.39, 0.29) is 0 Å². The van der Waals surface area contributed by atoms with Gasteiger partial charge in [0.05, 0.1) is 13.2 Å². The van der Waals surface area contributed by atoms with Crippen LogP contribution in [0.5, 0.6) is 0 Å². The number of morpholine rings is 1. The summed E-state index contributed by atoms with van der Waals surface area (Å²) in [5, 5.41) is 0. The van der Waals surface area contributed by atoms with Crippen molar-refractivity contribution in [3.63, 3.8) is 0 Å². The maximum Gasteiger partial charge on any atom is 0.0610 e. The van der Waals surface area contributed by atoms with Gasteiger partial charge in [-0.25, -0.2) is 4.31 Å². The standard InChI is InChI=1S/C5H13NO3S.C2H6/c1-10(7,8)6-2-4-9-5-3-6;1-2/h7-8H,2-5H2,1H3;1-2H3. The topological polar surface area (TPSA) is 52.9 Å². The van der Waals surface area contributed by atoms with Gasteiger partial charge in [0.25, 0.3) is 0 Å². The number of nitrogens with zero attached hydrogens (tertiary/aromatic N) is 1. The van der Waals surface area contributed by atoms with Gasteiger partial charge in [-0.15, -0.1) is 10.8 Å². The molecule has 1 fully saturated rings. The van der Waals surface area contributed by atoms with E-state index in [4.69, 9.17) is 13.8 Å². The van der Waals surface area contributed by atoms with Gasteiger partial charge in [-0.1, -0.05) is 13.8 Å². The molecule has 0 radical (unpaired) electrons. The van der Waals surface area contributed by atoms with E-state index in [1.54, 1.807) is 4.31 Å². The Bertz CT molecular complexity index is 110. The lowest BCUT2D eigenvalue weighted by atomic mass is 10.5. The number of hydrogen-bond acceptors (Lipinski definition) is 4. The molecule has 0 amide bonds. The Balaban J connectivity index is 0.000000561. The molecule has 4 nitrogen and oxygen atoms in total. The Hall–Kier alpha value is 0.190. The Morgan fingerprint density at radius 3 is 1.83 bits per heavy atom. The van der Waals surface area contributed by atoms with Crippen LogP contribution in [-0.4, -0.2) is 46.0 Å². The second-order valence-corrected chi connectivity index (χ2v) is 4.44. The smallest absolute Gasteiger partial charge is 0.0610 e. The van der Waals surface area contributed by atoms with Crippen molar-refractivity contribution in [2.24, 2.45) is 0 Å². The first-order valence-electron chi connectivity index (χ1n) is 4.17. The highest BCUT2D eigenvalue weighted by Crippen LogP contribution is 2.38. The maximum absolute atomic E-state index is 9.15. The Morgan fingerprint density at radius 1 is 1.17 bits per heavy atom. The monoisotopic (exact) mass is 197 g/mol. The van der Waals surface area contributed by atoms with Gasteiger partial charge in [-0.2, -0.15) is 0 Å². The van der Waals surface area contributed by atoms with Gasteiger partial charge in [0.2, 0.25) is 0 Å². The van der Waals surface area contributed by atoms with Crippen LogP contribution in [-0.2, 0) is 4.74 Å². The van der Waals surface area contributed by atoms with Gasteiger partial charge >= 0.3 is 0 Å². The molecule has 0 aliphatic carbocycles. The van der Waals surface area contributed by atoms with E-state index in [0.717, 1.165) is 0 Å². The largest absolute Gasteiger partial charge is 0.379 e. The average molecular weight is 197 g/mol. The highest BCUT2D eigenvalue weighted by Gasteiger charge is 2.19. The van der Waals surface area contributed by atoms with Crippen LogP contribution in [0.15, 0.2) is 0 Å². The lowest BCUT2D eigenvalue weighted by Gasteiger charge is -2.41. The summed E-state index contributed by atoms with van der Waals surface area (Å²) in [7, 11) is -2.47. The van der Waals surface area contributed by atoms with Crippen LogP contribution in [0.4, 0.5) is 0 Å². The number of rotatable bonds is 1. The SMILES string of the molecule is CC.CS(O)(O)N1CCOCC1. The van der Waals surface area contributed by atoms with Gasteiger partial charge in [0.15, 0.2) is 0 Å². The Morgan fingerprint density at radius 2 is 1.58 bits per heavy atom. The molecule has 0 aromatic heterocycles. The molecule has 12 heavy (non-hydrogen) atoms. The maximum atomic E-state index is 9.15. The van der Waals surface area contributed by atoms with Gasteiger partial charge in [0, 0.05) is 19.3 Å². The minimum atomic E-state index is -2.47. The summed E-state index contributed by atoms with van der Waals surface area (Å²) in [5.74, 6) is 0. The molecule has 5 heteroatoms. The first kappa shape index (κ1) is 12.2. The number of ether oxygens (including phenoxy) is 1. The van der Waals surface area contributed by atoms with Crippen molar-refractivity contribution in [1.29, 1.82) is 0 Å². The molecule has 1 heterocycles. The Kier molecular flexibility index (Phi) is 5.86.